The van der Waals surface area contributed by atoms with Crippen LogP contribution in [-0.2, 0) is 12.8 Å². The zero-order chi connectivity index (χ0) is 18.2. The average Bonchev–Trinajstić information content (AvgIpc) is 3.14. The largest absolute Gasteiger partial charge is 0.390 e. The smallest absolute Gasteiger partial charge is 0.340 e. The first-order chi connectivity index (χ1) is 11.8. The number of alkyl halides is 3. The lowest BCUT2D eigenvalue weighted by molar-refractivity contribution is -0.136. The molecule has 1 aliphatic carbocycles. The summed E-state index contributed by atoms with van der Waals surface area (Å²) >= 11 is 0. The van der Waals surface area contributed by atoms with Gasteiger partial charge in [-0.05, 0) is 38.3 Å². The lowest BCUT2D eigenvalue weighted by atomic mass is 10.2. The number of halogens is 3. The maximum Gasteiger partial charge on any atom is 0.390 e. The van der Waals surface area contributed by atoms with Crippen molar-refractivity contribution in [2.45, 2.75) is 38.8 Å². The summed E-state index contributed by atoms with van der Waals surface area (Å²) in [5.74, 6) is -0.451. The Kier molecular flexibility index (Phi) is 4.58. The zero-order valence-corrected chi connectivity index (χ0v) is 14.2. The lowest BCUT2D eigenvalue weighted by Crippen LogP contribution is -2.31. The van der Waals surface area contributed by atoms with Gasteiger partial charge in [-0.2, -0.15) is 18.3 Å². The van der Waals surface area contributed by atoms with Crippen molar-refractivity contribution >= 4 is 5.91 Å². The molecule has 1 aromatic heterocycles. The molecular formula is C18H20F3N3O. The summed E-state index contributed by atoms with van der Waals surface area (Å²) in [4.78, 5) is 13.7. The second kappa shape index (κ2) is 6.54. The van der Waals surface area contributed by atoms with Crippen LogP contribution < -0.4 is 0 Å². The maximum atomic E-state index is 12.6. The van der Waals surface area contributed by atoms with Crippen LogP contribution in [0.5, 0.6) is 0 Å². The lowest BCUT2D eigenvalue weighted by Gasteiger charge is -2.17. The molecule has 0 unspecified atom stereocenters. The molecule has 134 valence electrons. The van der Waals surface area contributed by atoms with Crippen molar-refractivity contribution in [3.8, 4) is 5.69 Å². The van der Waals surface area contributed by atoms with E-state index < -0.39 is 18.5 Å². The molecule has 1 amide bonds. The van der Waals surface area contributed by atoms with Crippen molar-refractivity contribution in [2.75, 3.05) is 13.6 Å². The van der Waals surface area contributed by atoms with Gasteiger partial charge in [0.15, 0.2) is 5.69 Å². The number of rotatable bonds is 4. The molecule has 0 N–H and O–H groups in total. The number of carbonyl (C=O) groups excluding carboxylic acids is 1. The topological polar surface area (TPSA) is 38.1 Å². The van der Waals surface area contributed by atoms with Crippen molar-refractivity contribution in [3.63, 3.8) is 0 Å². The van der Waals surface area contributed by atoms with Gasteiger partial charge in [-0.15, -0.1) is 0 Å². The number of benzene rings is 1. The van der Waals surface area contributed by atoms with Gasteiger partial charge < -0.3 is 4.90 Å². The summed E-state index contributed by atoms with van der Waals surface area (Å²) in [6, 6.07) is 7.80. The number of hydrogen-bond donors (Lipinski definition) is 0. The van der Waals surface area contributed by atoms with Crippen LogP contribution in [0.4, 0.5) is 13.2 Å². The van der Waals surface area contributed by atoms with Crippen molar-refractivity contribution in [1.82, 2.24) is 14.7 Å². The number of nitrogens with zero attached hydrogens (tertiary/aromatic N) is 3. The molecule has 0 spiro atoms. The Hall–Kier alpha value is -2.31. The minimum atomic E-state index is -4.28. The van der Waals surface area contributed by atoms with Crippen LogP contribution in [0.1, 0.15) is 40.2 Å². The van der Waals surface area contributed by atoms with E-state index in [-0.39, 0.29) is 12.2 Å². The van der Waals surface area contributed by atoms with Gasteiger partial charge in [0.25, 0.3) is 5.91 Å². The summed E-state index contributed by atoms with van der Waals surface area (Å²) in [6.07, 6.45) is -2.83. The van der Waals surface area contributed by atoms with Crippen LogP contribution in [0.15, 0.2) is 24.3 Å². The molecule has 1 aromatic carbocycles. The summed E-state index contributed by atoms with van der Waals surface area (Å²) in [5, 5.41) is 4.44. The fourth-order valence-corrected chi connectivity index (χ4v) is 3.09. The normalized spacial score (nSPS) is 13.8. The quantitative estimate of drug-likeness (QED) is 0.843. The number of aryl methyl sites for hydroxylation is 1. The molecular weight excluding hydrogens is 331 g/mol. The highest BCUT2D eigenvalue weighted by molar-refractivity contribution is 5.94. The molecule has 7 heteroatoms. The van der Waals surface area contributed by atoms with Crippen molar-refractivity contribution in [3.05, 3.63) is 46.8 Å². The molecule has 1 heterocycles. The highest BCUT2D eigenvalue weighted by Crippen LogP contribution is 2.29. The van der Waals surface area contributed by atoms with Crippen LogP contribution in [-0.4, -0.2) is 40.4 Å². The first-order valence-corrected chi connectivity index (χ1v) is 8.26. The van der Waals surface area contributed by atoms with E-state index in [9.17, 15) is 18.0 Å². The Morgan fingerprint density at radius 1 is 1.24 bits per heavy atom. The van der Waals surface area contributed by atoms with Crippen LogP contribution in [0.2, 0.25) is 0 Å². The van der Waals surface area contributed by atoms with Crippen LogP contribution >= 0.6 is 0 Å². The van der Waals surface area contributed by atoms with Gasteiger partial charge in [0.1, 0.15) is 0 Å². The van der Waals surface area contributed by atoms with E-state index in [1.807, 2.05) is 31.2 Å². The molecule has 0 aliphatic heterocycles. The van der Waals surface area contributed by atoms with Crippen LogP contribution in [0, 0.1) is 6.92 Å². The molecule has 0 radical (unpaired) electrons. The third-order valence-electron chi connectivity index (χ3n) is 4.49. The van der Waals surface area contributed by atoms with Gasteiger partial charge in [0.2, 0.25) is 0 Å². The summed E-state index contributed by atoms with van der Waals surface area (Å²) in [7, 11) is 1.39. The van der Waals surface area contributed by atoms with Gasteiger partial charge in [-0.3, -0.25) is 4.79 Å². The Morgan fingerprint density at radius 3 is 2.56 bits per heavy atom. The third kappa shape index (κ3) is 3.70. The Morgan fingerprint density at radius 2 is 1.92 bits per heavy atom. The van der Waals surface area contributed by atoms with Gasteiger partial charge in [-0.25, -0.2) is 4.68 Å². The molecule has 3 rings (SSSR count). The zero-order valence-electron chi connectivity index (χ0n) is 14.2. The SMILES string of the molecule is Cc1ccc(-n2nc(C(=O)N(C)CCC(F)(F)F)c3c2CCC3)cc1. The van der Waals surface area contributed by atoms with Crippen LogP contribution in [0.25, 0.3) is 5.69 Å². The molecule has 2 aromatic rings. The first-order valence-electron chi connectivity index (χ1n) is 8.26. The fraction of sp³-hybridized carbons (Fsp3) is 0.444. The number of hydrogen-bond acceptors (Lipinski definition) is 2. The molecule has 0 atom stereocenters. The van der Waals surface area contributed by atoms with Crippen molar-refractivity contribution < 1.29 is 18.0 Å². The highest BCUT2D eigenvalue weighted by Gasteiger charge is 2.31. The third-order valence-corrected chi connectivity index (χ3v) is 4.49. The van der Waals surface area contributed by atoms with Gasteiger partial charge in [-0.1, -0.05) is 17.7 Å². The van der Waals surface area contributed by atoms with E-state index in [4.69, 9.17) is 0 Å². The second-order valence-electron chi connectivity index (χ2n) is 6.47. The minimum Gasteiger partial charge on any atom is -0.340 e. The number of fused-ring (bicyclic) bond motifs is 1. The molecule has 1 aliphatic rings. The highest BCUT2D eigenvalue weighted by atomic mass is 19.4. The first kappa shape index (κ1) is 17.5. The molecule has 0 saturated heterocycles. The Bertz CT molecular complexity index is 778. The van der Waals surface area contributed by atoms with Crippen molar-refractivity contribution in [2.24, 2.45) is 0 Å². The minimum absolute atomic E-state index is 0.276. The number of amides is 1. The van der Waals surface area contributed by atoms with Crippen molar-refractivity contribution in [1.29, 1.82) is 0 Å². The van der Waals surface area contributed by atoms with E-state index in [0.717, 1.165) is 46.7 Å². The standard InChI is InChI=1S/C18H20F3N3O/c1-12-6-8-13(9-7-12)24-15-5-3-4-14(15)16(22-24)17(25)23(2)11-10-18(19,20)21/h6-9H,3-5,10-11H2,1-2H3. The summed E-state index contributed by atoms with van der Waals surface area (Å²) in [6.45, 7) is 1.62. The Labute approximate surface area is 144 Å². The monoisotopic (exact) mass is 351 g/mol. The van der Waals surface area contributed by atoms with E-state index in [2.05, 4.69) is 5.10 Å². The van der Waals surface area contributed by atoms with Gasteiger partial charge in [0.05, 0.1) is 12.1 Å². The van der Waals surface area contributed by atoms with Gasteiger partial charge in [0, 0.05) is 24.8 Å². The van der Waals surface area contributed by atoms with Crippen LogP contribution in [0.3, 0.4) is 0 Å². The predicted molar refractivity (Wildman–Crippen MR) is 88.0 cm³/mol. The average molecular weight is 351 g/mol. The Balaban J connectivity index is 1.89. The summed E-state index contributed by atoms with van der Waals surface area (Å²) in [5.41, 5.74) is 4.11. The second-order valence-corrected chi connectivity index (χ2v) is 6.47. The number of carbonyl (C=O) groups is 1. The van der Waals surface area contributed by atoms with E-state index in [0.29, 0.717) is 0 Å². The fourth-order valence-electron chi connectivity index (χ4n) is 3.09. The molecule has 0 bridgehead atoms. The van der Waals surface area contributed by atoms with E-state index in [1.165, 1.54) is 7.05 Å². The summed E-state index contributed by atoms with van der Waals surface area (Å²) < 4.78 is 39.0. The number of aromatic nitrogens is 2. The molecule has 25 heavy (non-hydrogen) atoms. The van der Waals surface area contributed by atoms with E-state index in [1.54, 1.807) is 4.68 Å². The molecule has 4 nitrogen and oxygen atoms in total. The predicted octanol–water partition coefficient (Wildman–Crippen LogP) is 3.69. The molecule has 0 fully saturated rings. The maximum absolute atomic E-state index is 12.6. The van der Waals surface area contributed by atoms with E-state index >= 15 is 0 Å². The van der Waals surface area contributed by atoms with Gasteiger partial charge >= 0.3 is 6.18 Å². The molecule has 0 saturated carbocycles.